The van der Waals surface area contributed by atoms with Crippen LogP contribution in [0.5, 0.6) is 0 Å². The molecule has 0 aromatic rings. The summed E-state index contributed by atoms with van der Waals surface area (Å²) in [6, 6.07) is 0. The molecule has 0 aromatic heterocycles. The number of hydrogen-bond acceptors (Lipinski definition) is 10. The Bertz CT molecular complexity index is 1130. The first-order valence-corrected chi connectivity index (χ1v) is 18.0. The standard InChI is InChI=1S/C36H62O10/c1-19(7-8-25(31(2,3)44)46-30-28(43)27(42)26(41)22(16-37)45-30)20-9-11-34(6)29-21(39)15-23-32(4,18-38)24(40)10-12-35(23)17-36(29,35)14-13-33(20,34)5/h19-30,37-44H,7-18H2,1-6H3/t19-,20?,21+,22-,23?,24+,25-,26-,27+,28-,29?,30+,32-,33-,34+,35?,36?/m1/s1. The molecule has 5 saturated carbocycles. The molecule has 5 aliphatic carbocycles. The topological polar surface area (TPSA) is 180 Å². The Morgan fingerprint density at radius 3 is 2.17 bits per heavy atom. The van der Waals surface area contributed by atoms with Gasteiger partial charge in [0.1, 0.15) is 24.4 Å². The molecule has 46 heavy (non-hydrogen) atoms. The largest absolute Gasteiger partial charge is 0.396 e. The Morgan fingerprint density at radius 1 is 0.848 bits per heavy atom. The van der Waals surface area contributed by atoms with Crippen molar-refractivity contribution in [1.82, 2.24) is 0 Å². The van der Waals surface area contributed by atoms with E-state index in [-0.39, 0.29) is 40.1 Å². The van der Waals surface area contributed by atoms with Gasteiger partial charge in [-0.1, -0.05) is 27.7 Å². The summed E-state index contributed by atoms with van der Waals surface area (Å²) in [5, 5.41) is 85.2. The van der Waals surface area contributed by atoms with Gasteiger partial charge < -0.3 is 50.3 Å². The minimum atomic E-state index is -1.55. The molecule has 0 radical (unpaired) electrons. The highest BCUT2D eigenvalue weighted by molar-refractivity contribution is 5.32. The number of rotatable bonds is 9. The summed E-state index contributed by atoms with van der Waals surface area (Å²) in [7, 11) is 0. The molecule has 6 aliphatic rings. The molecular formula is C36H62O10. The Balaban J connectivity index is 1.17. The normalized spacial score (nSPS) is 54.7. The molecule has 1 aliphatic heterocycles. The van der Waals surface area contributed by atoms with Crippen molar-refractivity contribution in [2.75, 3.05) is 13.2 Å². The fourth-order valence-electron chi connectivity index (χ4n) is 12.9. The van der Waals surface area contributed by atoms with Crippen molar-refractivity contribution in [1.29, 1.82) is 0 Å². The van der Waals surface area contributed by atoms with Gasteiger partial charge in [-0.15, -0.1) is 0 Å². The summed E-state index contributed by atoms with van der Waals surface area (Å²) >= 11 is 0. The third kappa shape index (κ3) is 4.78. The van der Waals surface area contributed by atoms with Crippen LogP contribution in [0, 0.1) is 50.7 Å². The van der Waals surface area contributed by atoms with Crippen LogP contribution >= 0.6 is 0 Å². The van der Waals surface area contributed by atoms with E-state index in [0.29, 0.717) is 24.7 Å². The molecule has 6 rings (SSSR count). The smallest absolute Gasteiger partial charge is 0.187 e. The van der Waals surface area contributed by atoms with Gasteiger partial charge in [-0.2, -0.15) is 0 Å². The Kier molecular flexibility index (Phi) is 8.91. The lowest BCUT2D eigenvalue weighted by atomic mass is 9.41. The maximum absolute atomic E-state index is 12.0. The molecule has 1 saturated heterocycles. The SMILES string of the molecule is C[C@H](CC[C@@H](O[C@@H]1O[C@H](CO)[C@@H](O)[C@H](O)[C@H]1O)C(C)(C)O)C1CC[C@@]2(C)C3[C@@H](O)CC4C5(CC[C@H](O)[C@]4(C)CO)CC35CC[C@]12C. The van der Waals surface area contributed by atoms with Crippen LogP contribution < -0.4 is 0 Å². The van der Waals surface area contributed by atoms with Crippen LogP contribution in [0.4, 0.5) is 0 Å². The summed E-state index contributed by atoms with van der Waals surface area (Å²) in [5.41, 5.74) is -1.68. The molecule has 266 valence electrons. The molecule has 2 spiro atoms. The Hall–Kier alpha value is -0.400. The maximum atomic E-state index is 12.0. The molecule has 8 N–H and O–H groups in total. The Labute approximate surface area is 274 Å². The first-order chi connectivity index (χ1) is 21.4. The van der Waals surface area contributed by atoms with Crippen molar-refractivity contribution < 1.29 is 50.3 Å². The van der Waals surface area contributed by atoms with Gasteiger partial charge in [-0.25, -0.2) is 0 Å². The molecule has 0 aromatic carbocycles. The fourth-order valence-corrected chi connectivity index (χ4v) is 12.9. The molecule has 0 amide bonds. The van der Waals surface area contributed by atoms with Crippen molar-refractivity contribution in [3.8, 4) is 0 Å². The van der Waals surface area contributed by atoms with E-state index in [0.717, 1.165) is 51.4 Å². The third-order valence-electron chi connectivity index (χ3n) is 15.8. The zero-order valence-electron chi connectivity index (χ0n) is 28.8. The van der Waals surface area contributed by atoms with Crippen molar-refractivity contribution in [2.24, 2.45) is 50.7 Å². The number of fused-ring (bicyclic) bond motifs is 2. The highest BCUT2D eigenvalue weighted by Gasteiger charge is 2.84. The minimum absolute atomic E-state index is 0.0246. The van der Waals surface area contributed by atoms with Crippen molar-refractivity contribution in [3.05, 3.63) is 0 Å². The van der Waals surface area contributed by atoms with E-state index < -0.39 is 66.6 Å². The Morgan fingerprint density at radius 2 is 1.54 bits per heavy atom. The van der Waals surface area contributed by atoms with Crippen LogP contribution in [0.2, 0.25) is 0 Å². The van der Waals surface area contributed by atoms with Crippen LogP contribution in [-0.4, -0.2) is 109 Å². The molecule has 5 unspecified atom stereocenters. The number of hydrogen-bond donors (Lipinski definition) is 8. The van der Waals surface area contributed by atoms with E-state index >= 15 is 0 Å². The summed E-state index contributed by atoms with van der Waals surface area (Å²) in [4.78, 5) is 0. The quantitative estimate of drug-likeness (QED) is 0.184. The monoisotopic (exact) mass is 654 g/mol. The van der Waals surface area contributed by atoms with Gasteiger partial charge in [-0.05, 0) is 123 Å². The average Bonchev–Trinajstić information content (AvgIpc) is 3.56. The van der Waals surface area contributed by atoms with Crippen molar-refractivity contribution >= 4 is 0 Å². The summed E-state index contributed by atoms with van der Waals surface area (Å²) < 4.78 is 11.7. The summed E-state index contributed by atoms with van der Waals surface area (Å²) in [6.45, 7) is 11.9. The molecule has 10 nitrogen and oxygen atoms in total. The third-order valence-corrected chi connectivity index (χ3v) is 15.8. The van der Waals surface area contributed by atoms with Crippen LogP contribution in [0.25, 0.3) is 0 Å². The summed E-state index contributed by atoms with van der Waals surface area (Å²) in [5.74, 6) is 1.05. The van der Waals surface area contributed by atoms with Crippen LogP contribution in [-0.2, 0) is 9.47 Å². The van der Waals surface area contributed by atoms with E-state index in [2.05, 4.69) is 20.8 Å². The zero-order chi connectivity index (χ0) is 33.8. The lowest BCUT2D eigenvalue weighted by Crippen LogP contribution is -2.62. The van der Waals surface area contributed by atoms with E-state index in [1.165, 1.54) is 0 Å². The molecular weight excluding hydrogens is 592 g/mol. The van der Waals surface area contributed by atoms with E-state index in [1.807, 2.05) is 6.92 Å². The van der Waals surface area contributed by atoms with E-state index in [9.17, 15) is 40.9 Å². The lowest BCUT2D eigenvalue weighted by Gasteiger charge is -2.64. The number of aliphatic hydroxyl groups excluding tert-OH is 7. The number of ether oxygens (including phenoxy) is 2. The molecule has 17 atom stereocenters. The van der Waals surface area contributed by atoms with Crippen LogP contribution in [0.15, 0.2) is 0 Å². The van der Waals surface area contributed by atoms with Gasteiger partial charge in [-0.3, -0.25) is 0 Å². The van der Waals surface area contributed by atoms with Gasteiger partial charge in [0.2, 0.25) is 0 Å². The first kappa shape index (κ1) is 35.4. The van der Waals surface area contributed by atoms with Gasteiger partial charge >= 0.3 is 0 Å². The average molecular weight is 655 g/mol. The fraction of sp³-hybridized carbons (Fsp3) is 1.00. The first-order valence-electron chi connectivity index (χ1n) is 18.0. The van der Waals surface area contributed by atoms with Crippen molar-refractivity contribution in [2.45, 2.75) is 160 Å². The highest BCUT2D eigenvalue weighted by Crippen LogP contribution is 2.89. The second kappa shape index (κ2) is 11.6. The molecule has 10 heteroatoms. The molecule has 1 heterocycles. The van der Waals surface area contributed by atoms with Gasteiger partial charge in [0.05, 0.1) is 37.1 Å². The maximum Gasteiger partial charge on any atom is 0.187 e. The van der Waals surface area contributed by atoms with Crippen LogP contribution in [0.3, 0.4) is 0 Å². The minimum Gasteiger partial charge on any atom is -0.396 e. The predicted octanol–water partition coefficient (Wildman–Crippen LogP) is 2.10. The predicted molar refractivity (Wildman–Crippen MR) is 169 cm³/mol. The van der Waals surface area contributed by atoms with Crippen LogP contribution in [0.1, 0.15) is 106 Å². The number of aliphatic hydroxyl groups is 8. The van der Waals surface area contributed by atoms with Crippen molar-refractivity contribution in [3.63, 3.8) is 0 Å². The van der Waals surface area contributed by atoms with Gasteiger partial charge in [0, 0.05) is 5.41 Å². The second-order valence-corrected chi connectivity index (χ2v) is 18.1. The zero-order valence-corrected chi connectivity index (χ0v) is 28.8. The lowest BCUT2D eigenvalue weighted by molar-refractivity contribution is -0.322. The molecule has 6 fully saturated rings. The van der Waals surface area contributed by atoms with Gasteiger partial charge in [0.15, 0.2) is 6.29 Å². The molecule has 0 bridgehead atoms. The summed E-state index contributed by atoms with van der Waals surface area (Å²) in [6.07, 6.45) is 0.339. The van der Waals surface area contributed by atoms with Gasteiger partial charge in [0.25, 0.3) is 0 Å². The van der Waals surface area contributed by atoms with E-state index in [1.54, 1.807) is 13.8 Å². The second-order valence-electron chi connectivity index (χ2n) is 18.1. The van der Waals surface area contributed by atoms with E-state index in [4.69, 9.17) is 9.47 Å². The highest BCUT2D eigenvalue weighted by atomic mass is 16.7.